The Morgan fingerprint density at radius 2 is 1.84 bits per heavy atom. The van der Waals surface area contributed by atoms with Gasteiger partial charge in [0, 0.05) is 25.2 Å². The van der Waals surface area contributed by atoms with Crippen molar-refractivity contribution < 1.29 is 21.6 Å². The van der Waals surface area contributed by atoms with Gasteiger partial charge in [-0.05, 0) is 55.5 Å². The number of sulfone groups is 1. The maximum absolute atomic E-state index is 13.1. The SMILES string of the molecule is CC1CCCN(S(=O)(=O)c2cc(C(=O)NCCCS(=O)(=O)c3ccccc3)ccc2Cl)C1. The minimum atomic E-state index is -3.81. The molecule has 1 aliphatic rings. The van der Waals surface area contributed by atoms with Gasteiger partial charge in [-0.1, -0.05) is 36.7 Å². The van der Waals surface area contributed by atoms with Gasteiger partial charge in [0.2, 0.25) is 10.0 Å². The van der Waals surface area contributed by atoms with Gasteiger partial charge in [-0.3, -0.25) is 4.79 Å². The fraction of sp³-hybridized carbons (Fsp3) is 0.409. The van der Waals surface area contributed by atoms with Crippen molar-refractivity contribution in [3.63, 3.8) is 0 Å². The molecule has 1 saturated heterocycles. The molecule has 1 unspecified atom stereocenters. The fourth-order valence-corrected chi connectivity index (χ4v) is 7.09. The number of carbonyl (C=O) groups excluding carboxylic acids is 1. The van der Waals surface area contributed by atoms with Crippen LogP contribution in [0.15, 0.2) is 58.3 Å². The number of nitrogens with zero attached hydrogens (tertiary/aromatic N) is 1. The lowest BCUT2D eigenvalue weighted by Crippen LogP contribution is -2.39. The van der Waals surface area contributed by atoms with Crippen LogP contribution in [0.5, 0.6) is 0 Å². The van der Waals surface area contributed by atoms with Crippen molar-refractivity contribution in [1.82, 2.24) is 9.62 Å². The lowest BCUT2D eigenvalue weighted by atomic mass is 10.0. The molecule has 1 atom stereocenters. The van der Waals surface area contributed by atoms with E-state index in [1.165, 1.54) is 34.6 Å². The molecule has 0 spiro atoms. The van der Waals surface area contributed by atoms with Gasteiger partial charge in [-0.25, -0.2) is 16.8 Å². The van der Waals surface area contributed by atoms with E-state index >= 15 is 0 Å². The Bertz CT molecular complexity index is 1170. The molecule has 3 rings (SSSR count). The predicted octanol–water partition coefficient (Wildman–Crippen LogP) is 3.35. The first-order chi connectivity index (χ1) is 15.1. The fourth-order valence-electron chi connectivity index (χ4n) is 3.66. The van der Waals surface area contributed by atoms with E-state index in [-0.39, 0.29) is 45.0 Å². The van der Waals surface area contributed by atoms with Crippen LogP contribution >= 0.6 is 11.6 Å². The first kappa shape index (κ1) is 24.7. The van der Waals surface area contributed by atoms with Crippen molar-refractivity contribution in [2.45, 2.75) is 36.0 Å². The van der Waals surface area contributed by atoms with E-state index in [4.69, 9.17) is 11.6 Å². The quantitative estimate of drug-likeness (QED) is 0.562. The van der Waals surface area contributed by atoms with Gasteiger partial charge in [-0.2, -0.15) is 4.31 Å². The summed E-state index contributed by atoms with van der Waals surface area (Å²) in [5, 5.41) is 2.72. The van der Waals surface area contributed by atoms with Crippen molar-refractivity contribution in [2.24, 2.45) is 5.92 Å². The van der Waals surface area contributed by atoms with Gasteiger partial charge < -0.3 is 5.32 Å². The van der Waals surface area contributed by atoms with Gasteiger partial charge in [-0.15, -0.1) is 0 Å². The summed E-state index contributed by atoms with van der Waals surface area (Å²) < 4.78 is 52.2. The molecule has 7 nitrogen and oxygen atoms in total. The van der Waals surface area contributed by atoms with E-state index in [2.05, 4.69) is 5.32 Å². The molecule has 174 valence electrons. The topological polar surface area (TPSA) is 101 Å². The highest BCUT2D eigenvalue weighted by Gasteiger charge is 2.31. The highest BCUT2D eigenvalue weighted by molar-refractivity contribution is 7.91. The molecule has 2 aromatic rings. The number of amides is 1. The van der Waals surface area contributed by atoms with Gasteiger partial charge in [0.15, 0.2) is 9.84 Å². The largest absolute Gasteiger partial charge is 0.352 e. The summed E-state index contributed by atoms with van der Waals surface area (Å²) in [4.78, 5) is 12.7. The molecule has 1 heterocycles. The monoisotopic (exact) mass is 498 g/mol. The number of hydrogen-bond acceptors (Lipinski definition) is 5. The normalized spacial score (nSPS) is 17.8. The third kappa shape index (κ3) is 5.89. The Labute approximate surface area is 194 Å². The number of halogens is 1. The molecule has 2 aromatic carbocycles. The van der Waals surface area contributed by atoms with E-state index in [1.807, 2.05) is 6.92 Å². The predicted molar refractivity (Wildman–Crippen MR) is 124 cm³/mol. The van der Waals surface area contributed by atoms with E-state index in [9.17, 15) is 21.6 Å². The van der Waals surface area contributed by atoms with Gasteiger partial charge in [0.05, 0.1) is 15.7 Å². The number of rotatable bonds is 8. The second kappa shape index (κ2) is 10.3. The van der Waals surface area contributed by atoms with Crippen molar-refractivity contribution in [3.8, 4) is 0 Å². The number of piperidine rings is 1. The van der Waals surface area contributed by atoms with Crippen LogP contribution in [0, 0.1) is 5.92 Å². The third-order valence-corrected chi connectivity index (χ3v) is 9.57. The molecular weight excluding hydrogens is 472 g/mol. The summed E-state index contributed by atoms with van der Waals surface area (Å²) in [6.45, 7) is 2.99. The van der Waals surface area contributed by atoms with Crippen molar-refractivity contribution in [1.29, 1.82) is 0 Å². The molecule has 0 aliphatic carbocycles. The molecule has 0 aromatic heterocycles. The average molecular weight is 499 g/mol. The number of sulfonamides is 1. The Kier molecular flexibility index (Phi) is 7.97. The Morgan fingerprint density at radius 3 is 2.53 bits per heavy atom. The van der Waals surface area contributed by atoms with Gasteiger partial charge >= 0.3 is 0 Å². The summed E-state index contributed by atoms with van der Waals surface area (Å²) in [5.74, 6) is -0.330. The van der Waals surface area contributed by atoms with Gasteiger partial charge in [0.1, 0.15) is 4.90 Å². The first-order valence-corrected chi connectivity index (χ1v) is 13.9. The molecule has 1 fully saturated rings. The lowest BCUT2D eigenvalue weighted by molar-refractivity contribution is 0.0953. The molecule has 0 saturated carbocycles. The standard InChI is InChI=1S/C22H27ClN2O5S2/c1-17-7-5-13-25(16-17)32(29,30)21-15-18(10-11-20(21)23)22(26)24-12-6-14-31(27,28)19-8-3-2-4-9-19/h2-4,8-11,15,17H,5-7,12-14,16H2,1H3,(H,24,26). The first-order valence-electron chi connectivity index (χ1n) is 10.5. The van der Waals surface area contributed by atoms with E-state index < -0.39 is 25.8 Å². The summed E-state index contributed by atoms with van der Waals surface area (Å²) >= 11 is 6.17. The Balaban J connectivity index is 1.64. The Hall–Kier alpha value is -1.94. The van der Waals surface area contributed by atoms with Crippen LogP contribution in [0.2, 0.25) is 5.02 Å². The van der Waals surface area contributed by atoms with Crippen molar-refractivity contribution in [3.05, 3.63) is 59.1 Å². The second-order valence-electron chi connectivity index (χ2n) is 8.00. The zero-order valence-corrected chi connectivity index (χ0v) is 20.2. The van der Waals surface area contributed by atoms with E-state index in [1.54, 1.807) is 18.2 Å². The summed E-state index contributed by atoms with van der Waals surface area (Å²) in [6.07, 6.45) is 1.99. The van der Waals surface area contributed by atoms with E-state index in [0.29, 0.717) is 13.1 Å². The second-order valence-corrected chi connectivity index (χ2v) is 12.4. The third-order valence-electron chi connectivity index (χ3n) is 5.41. The molecule has 1 aliphatic heterocycles. The smallest absolute Gasteiger partial charge is 0.251 e. The minimum absolute atomic E-state index is 0.0636. The molecular formula is C22H27ClN2O5S2. The Morgan fingerprint density at radius 1 is 1.12 bits per heavy atom. The van der Waals surface area contributed by atoms with Crippen LogP contribution in [0.1, 0.15) is 36.5 Å². The zero-order valence-electron chi connectivity index (χ0n) is 17.8. The number of benzene rings is 2. The van der Waals surface area contributed by atoms with Crippen molar-refractivity contribution in [2.75, 3.05) is 25.4 Å². The molecule has 10 heteroatoms. The van der Waals surface area contributed by atoms with Crippen LogP contribution in [0.25, 0.3) is 0 Å². The molecule has 32 heavy (non-hydrogen) atoms. The summed E-state index contributed by atoms with van der Waals surface area (Å²) in [5.41, 5.74) is 0.156. The minimum Gasteiger partial charge on any atom is -0.352 e. The number of nitrogens with one attached hydrogen (secondary N) is 1. The summed E-state index contributed by atoms with van der Waals surface area (Å²) in [7, 11) is -7.24. The maximum atomic E-state index is 13.1. The van der Waals surface area contributed by atoms with Crippen LogP contribution in [-0.2, 0) is 19.9 Å². The molecule has 1 amide bonds. The summed E-state index contributed by atoms with van der Waals surface area (Å²) in [6, 6.07) is 12.3. The highest BCUT2D eigenvalue weighted by atomic mass is 35.5. The number of hydrogen-bond donors (Lipinski definition) is 1. The van der Waals surface area contributed by atoms with E-state index in [0.717, 1.165) is 12.8 Å². The van der Waals surface area contributed by atoms with Crippen LogP contribution in [-0.4, -0.2) is 52.4 Å². The highest BCUT2D eigenvalue weighted by Crippen LogP contribution is 2.29. The number of carbonyl (C=O) groups is 1. The average Bonchev–Trinajstić information content (AvgIpc) is 2.77. The van der Waals surface area contributed by atoms with Crippen LogP contribution in [0.4, 0.5) is 0 Å². The maximum Gasteiger partial charge on any atom is 0.251 e. The van der Waals surface area contributed by atoms with Crippen molar-refractivity contribution >= 4 is 37.4 Å². The van der Waals surface area contributed by atoms with Crippen LogP contribution in [0.3, 0.4) is 0 Å². The lowest BCUT2D eigenvalue weighted by Gasteiger charge is -2.30. The molecule has 0 radical (unpaired) electrons. The van der Waals surface area contributed by atoms with Crippen LogP contribution < -0.4 is 5.32 Å². The zero-order chi connectivity index (χ0) is 23.4. The molecule has 1 N–H and O–H groups in total. The molecule has 0 bridgehead atoms. The van der Waals surface area contributed by atoms with Gasteiger partial charge in [0.25, 0.3) is 5.91 Å².